The van der Waals surface area contributed by atoms with Gasteiger partial charge in [-0.3, -0.25) is 9.59 Å². The number of nitrogens with one attached hydrogen (secondary N) is 2. The molecule has 0 spiro atoms. The molecule has 0 saturated heterocycles. The molecule has 0 atom stereocenters. The Labute approximate surface area is 160 Å². The monoisotopic (exact) mass is 383 g/mol. The molecule has 0 unspecified atom stereocenters. The maximum absolute atomic E-state index is 12.5. The molecule has 0 fully saturated rings. The van der Waals surface area contributed by atoms with E-state index >= 15 is 0 Å². The van der Waals surface area contributed by atoms with Gasteiger partial charge in [0.25, 0.3) is 11.5 Å². The average Bonchev–Trinajstić information content (AvgIpc) is 2.65. The molecule has 3 rings (SSSR count). The lowest BCUT2D eigenvalue weighted by Gasteiger charge is -2.10. The first kappa shape index (κ1) is 18.7. The summed E-state index contributed by atoms with van der Waals surface area (Å²) in [5.41, 5.74) is 2.19. The van der Waals surface area contributed by atoms with Crippen LogP contribution in [0.2, 0.25) is 5.02 Å². The lowest BCUT2D eigenvalue weighted by atomic mass is 10.1. The van der Waals surface area contributed by atoms with Crippen LogP contribution in [0.1, 0.15) is 27.2 Å². The quantitative estimate of drug-likeness (QED) is 0.643. The van der Waals surface area contributed by atoms with Crippen molar-refractivity contribution in [3.05, 3.63) is 80.2 Å². The van der Waals surface area contributed by atoms with Crippen molar-refractivity contribution in [1.82, 2.24) is 15.3 Å². The van der Waals surface area contributed by atoms with Crippen molar-refractivity contribution in [3.63, 3.8) is 0 Å². The van der Waals surface area contributed by atoms with Crippen molar-refractivity contribution in [2.45, 2.75) is 20.4 Å². The molecular weight excluding hydrogens is 366 g/mol. The highest BCUT2D eigenvalue weighted by molar-refractivity contribution is 6.31. The molecule has 6 nitrogen and oxygen atoms in total. The molecule has 3 N–H and O–H groups in total. The number of carbonyl (C=O) groups excluding carboxylic acids is 1. The molecule has 0 aliphatic carbocycles. The van der Waals surface area contributed by atoms with Crippen LogP contribution in [0.3, 0.4) is 0 Å². The standard InChI is InChI=1S/C20H18ClN3O3/c1-11-5-3-4-6-14(11)18-23-16(17(25)20(27)24-18)19(26)22-10-13-8-7-12(2)15(21)9-13/h3-9,25H,10H2,1-2H3,(H,22,26)(H,23,24,27). The van der Waals surface area contributed by atoms with Gasteiger partial charge < -0.3 is 15.4 Å². The van der Waals surface area contributed by atoms with Crippen molar-refractivity contribution in [1.29, 1.82) is 0 Å². The summed E-state index contributed by atoms with van der Waals surface area (Å²) in [7, 11) is 0. The molecule has 0 radical (unpaired) electrons. The zero-order chi connectivity index (χ0) is 19.6. The van der Waals surface area contributed by atoms with Gasteiger partial charge in [0, 0.05) is 17.1 Å². The molecule has 138 valence electrons. The summed E-state index contributed by atoms with van der Waals surface area (Å²) in [6, 6.07) is 12.7. The van der Waals surface area contributed by atoms with Gasteiger partial charge in [-0.1, -0.05) is 48.0 Å². The number of rotatable bonds is 4. The number of hydrogen-bond acceptors (Lipinski definition) is 4. The van der Waals surface area contributed by atoms with Gasteiger partial charge in [-0.2, -0.15) is 0 Å². The van der Waals surface area contributed by atoms with Crippen LogP contribution in [0, 0.1) is 13.8 Å². The van der Waals surface area contributed by atoms with Crippen LogP contribution in [0.5, 0.6) is 5.75 Å². The Morgan fingerprint density at radius 1 is 1.19 bits per heavy atom. The second kappa shape index (κ2) is 7.63. The van der Waals surface area contributed by atoms with Gasteiger partial charge in [0.1, 0.15) is 5.82 Å². The molecule has 1 heterocycles. The van der Waals surface area contributed by atoms with E-state index in [1.165, 1.54) is 0 Å². The summed E-state index contributed by atoms with van der Waals surface area (Å²) in [5, 5.41) is 13.2. The second-order valence-electron chi connectivity index (χ2n) is 6.19. The van der Waals surface area contributed by atoms with Crippen molar-refractivity contribution < 1.29 is 9.90 Å². The van der Waals surface area contributed by atoms with Crippen molar-refractivity contribution in [3.8, 4) is 17.1 Å². The Balaban J connectivity index is 1.89. The lowest BCUT2D eigenvalue weighted by Crippen LogP contribution is -2.26. The fraction of sp³-hybridized carbons (Fsp3) is 0.150. The summed E-state index contributed by atoms with van der Waals surface area (Å²) in [5.74, 6) is -1.14. The van der Waals surface area contributed by atoms with Gasteiger partial charge in [0.15, 0.2) is 5.69 Å². The number of carbonyl (C=O) groups is 1. The summed E-state index contributed by atoms with van der Waals surface area (Å²) < 4.78 is 0. The van der Waals surface area contributed by atoms with E-state index in [2.05, 4.69) is 15.3 Å². The highest BCUT2D eigenvalue weighted by atomic mass is 35.5. The average molecular weight is 384 g/mol. The summed E-state index contributed by atoms with van der Waals surface area (Å²) in [4.78, 5) is 31.2. The minimum Gasteiger partial charge on any atom is -0.501 e. The molecular formula is C20H18ClN3O3. The third kappa shape index (κ3) is 4.01. The maximum Gasteiger partial charge on any atom is 0.294 e. The largest absolute Gasteiger partial charge is 0.501 e. The van der Waals surface area contributed by atoms with Gasteiger partial charge in [-0.25, -0.2) is 4.98 Å². The summed E-state index contributed by atoms with van der Waals surface area (Å²) in [6.45, 7) is 3.94. The molecule has 0 aliphatic rings. The smallest absolute Gasteiger partial charge is 0.294 e. The van der Waals surface area contributed by atoms with E-state index in [0.29, 0.717) is 10.6 Å². The molecule has 0 aliphatic heterocycles. The zero-order valence-corrected chi connectivity index (χ0v) is 15.6. The number of hydrogen-bond donors (Lipinski definition) is 3. The summed E-state index contributed by atoms with van der Waals surface area (Å²) in [6.07, 6.45) is 0. The van der Waals surface area contributed by atoms with Gasteiger partial charge in [0.05, 0.1) is 0 Å². The number of aromatic amines is 1. The van der Waals surface area contributed by atoms with Gasteiger partial charge >= 0.3 is 0 Å². The first-order valence-electron chi connectivity index (χ1n) is 8.29. The maximum atomic E-state index is 12.5. The van der Waals surface area contributed by atoms with Crippen LogP contribution in [0.15, 0.2) is 47.3 Å². The van der Waals surface area contributed by atoms with Crippen molar-refractivity contribution >= 4 is 17.5 Å². The van der Waals surface area contributed by atoms with Crippen LogP contribution >= 0.6 is 11.6 Å². The fourth-order valence-corrected chi connectivity index (χ4v) is 2.81. The van der Waals surface area contributed by atoms with E-state index in [1.807, 2.05) is 38.1 Å². The van der Waals surface area contributed by atoms with Crippen molar-refractivity contribution in [2.75, 3.05) is 0 Å². The number of aromatic hydroxyl groups is 1. The topological polar surface area (TPSA) is 95.1 Å². The number of amides is 1. The minimum absolute atomic E-state index is 0.187. The van der Waals surface area contributed by atoms with E-state index < -0.39 is 17.2 Å². The predicted molar refractivity (Wildman–Crippen MR) is 104 cm³/mol. The first-order valence-corrected chi connectivity index (χ1v) is 8.67. The summed E-state index contributed by atoms with van der Waals surface area (Å²) >= 11 is 6.09. The molecule has 3 aromatic rings. The Hall–Kier alpha value is -3.12. The highest BCUT2D eigenvalue weighted by Gasteiger charge is 2.19. The minimum atomic E-state index is -0.771. The zero-order valence-electron chi connectivity index (χ0n) is 14.8. The van der Waals surface area contributed by atoms with E-state index in [4.69, 9.17) is 11.6 Å². The Morgan fingerprint density at radius 2 is 1.93 bits per heavy atom. The number of nitrogens with zero attached hydrogens (tertiary/aromatic N) is 1. The van der Waals surface area contributed by atoms with Crippen LogP contribution in [-0.4, -0.2) is 21.0 Å². The number of aryl methyl sites for hydroxylation is 2. The highest BCUT2D eigenvalue weighted by Crippen LogP contribution is 2.21. The van der Waals surface area contributed by atoms with Crippen LogP contribution in [0.25, 0.3) is 11.4 Å². The van der Waals surface area contributed by atoms with Crippen LogP contribution in [0.4, 0.5) is 0 Å². The molecule has 1 amide bonds. The Kier molecular flexibility index (Phi) is 5.28. The molecule has 2 aromatic carbocycles. The van der Waals surface area contributed by atoms with Gasteiger partial charge in [-0.05, 0) is 36.6 Å². The number of halogens is 1. The van der Waals surface area contributed by atoms with Crippen molar-refractivity contribution in [2.24, 2.45) is 0 Å². The van der Waals surface area contributed by atoms with Gasteiger partial charge in [-0.15, -0.1) is 0 Å². The predicted octanol–water partition coefficient (Wildman–Crippen LogP) is 3.34. The second-order valence-corrected chi connectivity index (χ2v) is 6.60. The van der Waals surface area contributed by atoms with Crippen LogP contribution in [-0.2, 0) is 6.54 Å². The lowest BCUT2D eigenvalue weighted by molar-refractivity contribution is 0.0942. The van der Waals surface area contributed by atoms with E-state index in [-0.39, 0.29) is 18.1 Å². The SMILES string of the molecule is Cc1ccc(CNC(=O)c2nc(-c3ccccc3C)[nH]c(=O)c2O)cc1Cl. The van der Waals surface area contributed by atoms with E-state index in [0.717, 1.165) is 16.7 Å². The molecule has 0 bridgehead atoms. The third-order valence-electron chi connectivity index (χ3n) is 4.20. The third-order valence-corrected chi connectivity index (χ3v) is 4.61. The normalized spacial score (nSPS) is 10.6. The number of aromatic nitrogens is 2. The van der Waals surface area contributed by atoms with E-state index in [1.54, 1.807) is 18.2 Å². The molecule has 1 aromatic heterocycles. The Morgan fingerprint density at radius 3 is 2.63 bits per heavy atom. The number of H-pyrrole nitrogens is 1. The Bertz CT molecular complexity index is 1080. The van der Waals surface area contributed by atoms with Crippen LogP contribution < -0.4 is 10.9 Å². The van der Waals surface area contributed by atoms with Gasteiger partial charge in [0.2, 0.25) is 5.75 Å². The molecule has 0 saturated carbocycles. The number of benzene rings is 2. The molecule has 7 heteroatoms. The molecule has 27 heavy (non-hydrogen) atoms. The fourth-order valence-electron chi connectivity index (χ4n) is 2.60. The van der Waals surface area contributed by atoms with E-state index in [9.17, 15) is 14.7 Å². The first-order chi connectivity index (χ1) is 12.9.